The average Bonchev–Trinajstić information content (AvgIpc) is 2.52. The molecule has 0 saturated carbocycles. The highest BCUT2D eigenvalue weighted by Gasteiger charge is 2.15. The first-order valence-electron chi connectivity index (χ1n) is 7.46. The molecule has 0 spiro atoms. The molecule has 1 fully saturated rings. The topological polar surface area (TPSA) is 74.5 Å². The first kappa shape index (κ1) is 15.7. The van der Waals surface area contributed by atoms with Gasteiger partial charge >= 0.3 is 0 Å². The maximum Gasteiger partial charge on any atom is 0.224 e. The zero-order chi connectivity index (χ0) is 15.2. The second-order valence-corrected chi connectivity index (χ2v) is 5.67. The molecule has 21 heavy (non-hydrogen) atoms. The number of amides is 1. The largest absolute Gasteiger partial charge is 0.354 e. The molecular weight excluding hydrogens is 266 g/mol. The van der Waals surface area contributed by atoms with Crippen LogP contribution in [0.15, 0.2) is 18.3 Å². The number of anilines is 1. The van der Waals surface area contributed by atoms with Crippen LogP contribution in [0.4, 0.5) is 5.82 Å². The molecule has 0 radical (unpaired) electrons. The van der Waals surface area contributed by atoms with Gasteiger partial charge in [0.15, 0.2) is 0 Å². The summed E-state index contributed by atoms with van der Waals surface area (Å²) < 4.78 is 0. The third-order valence-corrected chi connectivity index (χ3v) is 3.91. The molecule has 1 aliphatic heterocycles. The summed E-state index contributed by atoms with van der Waals surface area (Å²) in [6.45, 7) is 6.80. The first-order chi connectivity index (χ1) is 10.1. The second kappa shape index (κ2) is 7.38. The Labute approximate surface area is 126 Å². The SMILES string of the molecule is CC(CN)C(=O)NCc1ccnc(N2CCN(C)CC2)c1. The standard InChI is InChI=1S/C15H25N5O/c1-12(10-16)15(21)18-11-13-3-4-17-14(9-13)20-7-5-19(2)6-8-20/h3-4,9,12H,5-8,10-11,16H2,1-2H3,(H,18,21). The van der Waals surface area contributed by atoms with Crippen LogP contribution in [0.2, 0.25) is 0 Å². The van der Waals surface area contributed by atoms with Gasteiger partial charge in [-0.3, -0.25) is 4.79 Å². The van der Waals surface area contributed by atoms with Gasteiger partial charge in [0.1, 0.15) is 5.82 Å². The molecule has 0 bridgehead atoms. The Hall–Kier alpha value is -1.66. The molecule has 6 heteroatoms. The van der Waals surface area contributed by atoms with E-state index in [1.165, 1.54) is 0 Å². The number of nitrogens with zero attached hydrogens (tertiary/aromatic N) is 3. The molecule has 3 N–H and O–H groups in total. The van der Waals surface area contributed by atoms with Crippen molar-refractivity contribution in [2.45, 2.75) is 13.5 Å². The van der Waals surface area contributed by atoms with Gasteiger partial charge < -0.3 is 20.9 Å². The van der Waals surface area contributed by atoms with Crippen LogP contribution >= 0.6 is 0 Å². The van der Waals surface area contributed by atoms with E-state index < -0.39 is 0 Å². The molecule has 1 aromatic heterocycles. The predicted molar refractivity (Wildman–Crippen MR) is 84.0 cm³/mol. The predicted octanol–water partition coefficient (Wildman–Crippen LogP) is 0.0444. The van der Waals surface area contributed by atoms with E-state index in [0.717, 1.165) is 37.6 Å². The Morgan fingerprint density at radius 1 is 1.43 bits per heavy atom. The van der Waals surface area contributed by atoms with Crippen molar-refractivity contribution in [3.8, 4) is 0 Å². The van der Waals surface area contributed by atoms with E-state index in [-0.39, 0.29) is 11.8 Å². The number of nitrogens with one attached hydrogen (secondary N) is 1. The van der Waals surface area contributed by atoms with Crippen LogP contribution in [0.1, 0.15) is 12.5 Å². The number of nitrogens with two attached hydrogens (primary N) is 1. The minimum atomic E-state index is -0.149. The van der Waals surface area contributed by atoms with Crippen LogP contribution in [-0.2, 0) is 11.3 Å². The minimum absolute atomic E-state index is 0.00420. The van der Waals surface area contributed by atoms with Crippen LogP contribution < -0.4 is 16.0 Å². The third kappa shape index (κ3) is 4.41. The Kier molecular flexibility index (Phi) is 5.52. The van der Waals surface area contributed by atoms with Crippen LogP contribution in [0, 0.1) is 5.92 Å². The molecule has 1 aromatic rings. The van der Waals surface area contributed by atoms with Gasteiger partial charge in [-0.1, -0.05) is 6.92 Å². The molecule has 1 aliphatic rings. The summed E-state index contributed by atoms with van der Waals surface area (Å²) in [4.78, 5) is 20.8. The third-order valence-electron chi connectivity index (χ3n) is 3.91. The molecule has 2 heterocycles. The number of hydrogen-bond donors (Lipinski definition) is 2. The number of hydrogen-bond acceptors (Lipinski definition) is 5. The van der Waals surface area contributed by atoms with E-state index in [1.807, 2.05) is 19.2 Å². The zero-order valence-corrected chi connectivity index (χ0v) is 12.9. The fourth-order valence-corrected chi connectivity index (χ4v) is 2.25. The highest BCUT2D eigenvalue weighted by molar-refractivity contribution is 5.78. The highest BCUT2D eigenvalue weighted by atomic mass is 16.1. The average molecular weight is 291 g/mol. The summed E-state index contributed by atoms with van der Waals surface area (Å²) >= 11 is 0. The summed E-state index contributed by atoms with van der Waals surface area (Å²) in [5, 5.41) is 2.91. The van der Waals surface area contributed by atoms with Gasteiger partial charge in [-0.25, -0.2) is 4.98 Å². The van der Waals surface area contributed by atoms with Crippen molar-refractivity contribution < 1.29 is 4.79 Å². The Morgan fingerprint density at radius 2 is 2.14 bits per heavy atom. The van der Waals surface area contributed by atoms with Gasteiger partial charge in [-0.15, -0.1) is 0 Å². The summed E-state index contributed by atoms with van der Waals surface area (Å²) in [5.74, 6) is 0.834. The van der Waals surface area contributed by atoms with Crippen molar-refractivity contribution >= 4 is 11.7 Å². The number of likely N-dealkylation sites (N-methyl/N-ethyl adjacent to an activating group) is 1. The normalized spacial score (nSPS) is 17.6. The number of carbonyl (C=O) groups excluding carboxylic acids is 1. The van der Waals surface area contributed by atoms with Crippen molar-refractivity contribution in [3.05, 3.63) is 23.9 Å². The lowest BCUT2D eigenvalue weighted by molar-refractivity contribution is -0.124. The second-order valence-electron chi connectivity index (χ2n) is 5.67. The monoisotopic (exact) mass is 291 g/mol. The van der Waals surface area contributed by atoms with Crippen LogP contribution in [0.5, 0.6) is 0 Å². The smallest absolute Gasteiger partial charge is 0.224 e. The van der Waals surface area contributed by atoms with Gasteiger partial charge in [-0.2, -0.15) is 0 Å². The fourth-order valence-electron chi connectivity index (χ4n) is 2.25. The molecule has 0 aromatic carbocycles. The summed E-state index contributed by atoms with van der Waals surface area (Å²) in [6.07, 6.45) is 1.81. The number of carbonyl (C=O) groups is 1. The van der Waals surface area contributed by atoms with Gasteiger partial charge in [0.25, 0.3) is 0 Å². The van der Waals surface area contributed by atoms with Gasteiger partial charge in [0.2, 0.25) is 5.91 Å². The van der Waals surface area contributed by atoms with Gasteiger partial charge in [0, 0.05) is 51.4 Å². The molecule has 1 saturated heterocycles. The first-order valence-corrected chi connectivity index (χ1v) is 7.46. The zero-order valence-electron chi connectivity index (χ0n) is 12.9. The van der Waals surface area contributed by atoms with E-state index >= 15 is 0 Å². The molecule has 6 nitrogen and oxygen atoms in total. The number of piperazine rings is 1. The quantitative estimate of drug-likeness (QED) is 0.801. The van der Waals surface area contributed by atoms with E-state index in [0.29, 0.717) is 13.1 Å². The van der Waals surface area contributed by atoms with Crippen molar-refractivity contribution in [1.82, 2.24) is 15.2 Å². The summed E-state index contributed by atoms with van der Waals surface area (Å²) in [7, 11) is 2.13. The van der Waals surface area contributed by atoms with Crippen molar-refractivity contribution in [3.63, 3.8) is 0 Å². The highest BCUT2D eigenvalue weighted by Crippen LogP contribution is 2.14. The van der Waals surface area contributed by atoms with Crippen molar-refractivity contribution in [2.75, 3.05) is 44.7 Å². The van der Waals surface area contributed by atoms with E-state index in [1.54, 1.807) is 0 Å². The molecule has 116 valence electrons. The Morgan fingerprint density at radius 3 is 2.81 bits per heavy atom. The molecule has 1 unspecified atom stereocenters. The minimum Gasteiger partial charge on any atom is -0.354 e. The molecule has 2 rings (SSSR count). The molecular formula is C15H25N5O. The number of aromatic nitrogens is 1. The van der Waals surface area contributed by atoms with E-state index in [9.17, 15) is 4.79 Å². The van der Waals surface area contributed by atoms with Crippen LogP contribution in [0.25, 0.3) is 0 Å². The van der Waals surface area contributed by atoms with Gasteiger partial charge in [-0.05, 0) is 24.7 Å². The van der Waals surface area contributed by atoms with Crippen LogP contribution in [0.3, 0.4) is 0 Å². The number of pyridine rings is 1. The van der Waals surface area contributed by atoms with Crippen LogP contribution in [-0.4, -0.2) is 55.6 Å². The number of rotatable bonds is 5. The molecule has 1 atom stereocenters. The summed E-state index contributed by atoms with van der Waals surface area (Å²) in [6, 6.07) is 3.99. The van der Waals surface area contributed by atoms with E-state index in [4.69, 9.17) is 5.73 Å². The van der Waals surface area contributed by atoms with Crippen molar-refractivity contribution in [2.24, 2.45) is 11.7 Å². The molecule has 0 aliphatic carbocycles. The van der Waals surface area contributed by atoms with Crippen molar-refractivity contribution in [1.29, 1.82) is 0 Å². The van der Waals surface area contributed by atoms with E-state index in [2.05, 4.69) is 33.2 Å². The Bertz CT molecular complexity index is 471. The maximum atomic E-state index is 11.7. The lowest BCUT2D eigenvalue weighted by Gasteiger charge is -2.33. The lowest BCUT2D eigenvalue weighted by Crippen LogP contribution is -2.44. The summed E-state index contributed by atoms with van der Waals surface area (Å²) in [5.41, 5.74) is 6.56. The van der Waals surface area contributed by atoms with Gasteiger partial charge in [0.05, 0.1) is 0 Å². The Balaban J connectivity index is 1.93. The maximum absolute atomic E-state index is 11.7. The molecule has 1 amide bonds. The fraction of sp³-hybridized carbons (Fsp3) is 0.600. The lowest BCUT2D eigenvalue weighted by atomic mass is 10.1.